The monoisotopic (exact) mass is 498 g/mol. The lowest BCUT2D eigenvalue weighted by Crippen LogP contribution is -2.47. The van der Waals surface area contributed by atoms with Gasteiger partial charge in [0.1, 0.15) is 11.5 Å². The van der Waals surface area contributed by atoms with Gasteiger partial charge in [-0.1, -0.05) is 57.4 Å². The van der Waals surface area contributed by atoms with Crippen molar-refractivity contribution in [3.05, 3.63) is 59.7 Å². The predicted octanol–water partition coefficient (Wildman–Crippen LogP) is 2.93. The zero-order chi connectivity index (χ0) is 26.5. The molecule has 6 N–H and O–H groups in total. The number of amides is 4. The van der Waals surface area contributed by atoms with E-state index in [1.165, 1.54) is 24.3 Å². The zero-order valence-electron chi connectivity index (χ0n) is 20.5. The van der Waals surface area contributed by atoms with Crippen LogP contribution in [-0.2, 0) is 9.59 Å². The molecule has 0 fully saturated rings. The minimum absolute atomic E-state index is 0.0187. The number of carbonyl (C=O) groups is 4. The van der Waals surface area contributed by atoms with E-state index in [9.17, 15) is 29.4 Å². The molecule has 0 saturated carbocycles. The Morgan fingerprint density at radius 2 is 1.11 bits per heavy atom. The van der Waals surface area contributed by atoms with E-state index in [1.807, 2.05) is 13.8 Å². The average molecular weight is 499 g/mol. The Bertz CT molecular complexity index is 1060. The van der Waals surface area contributed by atoms with Crippen LogP contribution in [0.2, 0.25) is 0 Å². The summed E-state index contributed by atoms with van der Waals surface area (Å²) < 4.78 is 0. The van der Waals surface area contributed by atoms with Gasteiger partial charge in [0.15, 0.2) is 0 Å². The summed E-state index contributed by atoms with van der Waals surface area (Å²) in [5, 5.41) is 19.6. The van der Waals surface area contributed by atoms with Gasteiger partial charge >= 0.3 is 0 Å². The standard InChI is InChI=1S/C26H34N4O6/c1-3-5-11-18(24(34)28-30-26(36)20-13-7-9-15-22(20)32)16-17(10-4-2)23(33)27-29-25(35)19-12-6-8-14-21(19)31/h6-9,12-15,17-18,31-32H,3-5,10-11,16H2,1-2H3,(H,27,33)(H,28,34)(H,29,35)(H,30,36). The number of hydrogen-bond acceptors (Lipinski definition) is 6. The molecule has 2 unspecified atom stereocenters. The van der Waals surface area contributed by atoms with Gasteiger partial charge in [0, 0.05) is 11.8 Å². The molecule has 2 atom stereocenters. The van der Waals surface area contributed by atoms with Crippen LogP contribution >= 0.6 is 0 Å². The molecule has 0 spiro atoms. The molecular formula is C26H34N4O6. The summed E-state index contributed by atoms with van der Waals surface area (Å²) in [6, 6.07) is 11.9. The second kappa shape index (κ2) is 14.3. The van der Waals surface area contributed by atoms with Crippen LogP contribution in [0.3, 0.4) is 0 Å². The number of unbranched alkanes of at least 4 members (excludes halogenated alkanes) is 1. The van der Waals surface area contributed by atoms with Crippen molar-refractivity contribution in [1.82, 2.24) is 21.7 Å². The van der Waals surface area contributed by atoms with Crippen LogP contribution in [0.15, 0.2) is 48.5 Å². The first-order chi connectivity index (χ1) is 17.3. The van der Waals surface area contributed by atoms with Crippen molar-refractivity contribution < 1.29 is 29.4 Å². The molecule has 0 aliphatic heterocycles. The number of hydrazine groups is 2. The quantitative estimate of drug-likeness (QED) is 0.262. The van der Waals surface area contributed by atoms with E-state index >= 15 is 0 Å². The maximum atomic E-state index is 12.9. The van der Waals surface area contributed by atoms with Crippen molar-refractivity contribution >= 4 is 23.6 Å². The Balaban J connectivity index is 2.01. The van der Waals surface area contributed by atoms with Crippen LogP contribution in [-0.4, -0.2) is 33.8 Å². The number of aromatic hydroxyl groups is 2. The van der Waals surface area contributed by atoms with E-state index in [1.54, 1.807) is 24.3 Å². The number of carbonyl (C=O) groups excluding carboxylic acids is 4. The number of rotatable bonds is 11. The highest BCUT2D eigenvalue weighted by atomic mass is 16.3. The first kappa shape index (κ1) is 28.2. The maximum absolute atomic E-state index is 12.9. The van der Waals surface area contributed by atoms with Gasteiger partial charge in [-0.2, -0.15) is 0 Å². The van der Waals surface area contributed by atoms with Crippen molar-refractivity contribution in [3.63, 3.8) is 0 Å². The van der Waals surface area contributed by atoms with Crippen LogP contribution in [0.5, 0.6) is 11.5 Å². The van der Waals surface area contributed by atoms with Gasteiger partial charge < -0.3 is 10.2 Å². The first-order valence-corrected chi connectivity index (χ1v) is 12.0. The molecule has 36 heavy (non-hydrogen) atoms. The Hall–Kier alpha value is -4.08. The predicted molar refractivity (Wildman–Crippen MR) is 133 cm³/mol. The SMILES string of the molecule is CCCCC(CC(CCC)C(=O)NNC(=O)c1ccccc1O)C(=O)NNC(=O)c1ccccc1O. The van der Waals surface area contributed by atoms with Crippen molar-refractivity contribution in [2.75, 3.05) is 0 Å². The van der Waals surface area contributed by atoms with E-state index in [2.05, 4.69) is 21.7 Å². The molecule has 4 amide bonds. The largest absolute Gasteiger partial charge is 0.507 e. The summed E-state index contributed by atoms with van der Waals surface area (Å²) in [4.78, 5) is 50.4. The van der Waals surface area contributed by atoms with Gasteiger partial charge in [-0.05, 0) is 43.5 Å². The number of phenols is 2. The van der Waals surface area contributed by atoms with Crippen LogP contribution in [0.1, 0.15) is 73.1 Å². The van der Waals surface area contributed by atoms with Gasteiger partial charge in [-0.3, -0.25) is 40.9 Å². The van der Waals surface area contributed by atoms with Gasteiger partial charge in [0.05, 0.1) is 11.1 Å². The molecule has 0 aromatic heterocycles. The minimum atomic E-state index is -0.663. The highest BCUT2D eigenvalue weighted by Crippen LogP contribution is 2.23. The topological polar surface area (TPSA) is 157 Å². The number of nitrogens with one attached hydrogen (secondary N) is 4. The molecule has 0 radical (unpaired) electrons. The lowest BCUT2D eigenvalue weighted by Gasteiger charge is -2.23. The van der Waals surface area contributed by atoms with E-state index < -0.39 is 35.5 Å². The van der Waals surface area contributed by atoms with Gasteiger partial charge in [0.2, 0.25) is 11.8 Å². The summed E-state index contributed by atoms with van der Waals surface area (Å²) in [7, 11) is 0. The average Bonchev–Trinajstić information content (AvgIpc) is 2.87. The molecule has 0 aliphatic carbocycles. The second-order valence-corrected chi connectivity index (χ2v) is 8.48. The normalized spacial score (nSPS) is 12.2. The van der Waals surface area contributed by atoms with E-state index in [-0.39, 0.29) is 29.0 Å². The second-order valence-electron chi connectivity index (χ2n) is 8.48. The van der Waals surface area contributed by atoms with Crippen molar-refractivity contribution in [2.45, 2.75) is 52.4 Å². The first-order valence-electron chi connectivity index (χ1n) is 12.0. The number of para-hydroxylation sites is 2. The van der Waals surface area contributed by atoms with E-state index in [0.29, 0.717) is 19.3 Å². The number of benzene rings is 2. The van der Waals surface area contributed by atoms with Gasteiger partial charge in [0.25, 0.3) is 11.8 Å². The molecule has 0 saturated heterocycles. The Morgan fingerprint density at radius 1 is 0.667 bits per heavy atom. The number of hydrogen-bond donors (Lipinski definition) is 6. The number of phenolic OH excluding ortho intramolecular Hbond substituents is 2. The molecule has 194 valence electrons. The summed E-state index contributed by atoms with van der Waals surface area (Å²) >= 11 is 0. The highest BCUT2D eigenvalue weighted by Gasteiger charge is 2.27. The molecule has 0 heterocycles. The Kier molecular flexibility index (Phi) is 11.2. The fourth-order valence-corrected chi connectivity index (χ4v) is 3.76. The molecule has 2 aromatic rings. The van der Waals surface area contributed by atoms with Gasteiger partial charge in [-0.25, -0.2) is 0 Å². The van der Waals surface area contributed by atoms with Crippen molar-refractivity contribution in [3.8, 4) is 11.5 Å². The maximum Gasteiger partial charge on any atom is 0.273 e. The third kappa shape index (κ3) is 8.30. The third-order valence-corrected chi connectivity index (χ3v) is 5.75. The van der Waals surface area contributed by atoms with E-state index in [0.717, 1.165) is 12.8 Å². The lowest BCUT2D eigenvalue weighted by atomic mass is 9.87. The Labute approximate surface area is 210 Å². The lowest BCUT2D eigenvalue weighted by molar-refractivity contribution is -0.129. The Morgan fingerprint density at radius 3 is 1.53 bits per heavy atom. The third-order valence-electron chi connectivity index (χ3n) is 5.75. The van der Waals surface area contributed by atoms with Crippen molar-refractivity contribution in [2.24, 2.45) is 11.8 Å². The summed E-state index contributed by atoms with van der Waals surface area (Å²) in [6.07, 6.45) is 3.47. The minimum Gasteiger partial charge on any atom is -0.507 e. The fourth-order valence-electron chi connectivity index (χ4n) is 3.76. The molecule has 10 nitrogen and oxygen atoms in total. The summed E-state index contributed by atoms with van der Waals surface area (Å²) in [6.45, 7) is 3.90. The van der Waals surface area contributed by atoms with Crippen LogP contribution in [0.4, 0.5) is 0 Å². The smallest absolute Gasteiger partial charge is 0.273 e. The summed E-state index contributed by atoms with van der Waals surface area (Å²) in [5.74, 6) is -3.78. The molecule has 2 aromatic carbocycles. The molecule has 0 bridgehead atoms. The molecule has 0 aliphatic rings. The molecule has 10 heteroatoms. The van der Waals surface area contributed by atoms with E-state index in [4.69, 9.17) is 0 Å². The zero-order valence-corrected chi connectivity index (χ0v) is 20.5. The molecular weight excluding hydrogens is 464 g/mol. The van der Waals surface area contributed by atoms with Crippen molar-refractivity contribution in [1.29, 1.82) is 0 Å². The highest BCUT2D eigenvalue weighted by molar-refractivity contribution is 5.98. The fraction of sp³-hybridized carbons (Fsp3) is 0.385. The van der Waals surface area contributed by atoms with Crippen LogP contribution < -0.4 is 21.7 Å². The summed E-state index contributed by atoms with van der Waals surface area (Å²) in [5.41, 5.74) is 9.46. The molecule has 2 rings (SSSR count). The van der Waals surface area contributed by atoms with Crippen LogP contribution in [0, 0.1) is 11.8 Å². The van der Waals surface area contributed by atoms with Gasteiger partial charge in [-0.15, -0.1) is 0 Å². The van der Waals surface area contributed by atoms with Crippen LogP contribution in [0.25, 0.3) is 0 Å².